The Labute approximate surface area is 126 Å². The van der Waals surface area contributed by atoms with Gasteiger partial charge in [-0.15, -0.1) is 0 Å². The lowest BCUT2D eigenvalue weighted by molar-refractivity contribution is 0.480. The zero-order valence-corrected chi connectivity index (χ0v) is 13.2. The molecule has 0 spiro atoms. The van der Waals surface area contributed by atoms with Crippen LogP contribution in [0.25, 0.3) is 0 Å². The van der Waals surface area contributed by atoms with Crippen molar-refractivity contribution in [2.24, 2.45) is 0 Å². The van der Waals surface area contributed by atoms with Crippen molar-refractivity contribution in [3.63, 3.8) is 0 Å². The molecule has 1 atom stereocenters. The van der Waals surface area contributed by atoms with Gasteiger partial charge < -0.3 is 9.88 Å². The van der Waals surface area contributed by atoms with E-state index >= 15 is 0 Å². The van der Waals surface area contributed by atoms with Crippen molar-refractivity contribution in [2.45, 2.75) is 57.0 Å². The highest BCUT2D eigenvalue weighted by Gasteiger charge is 2.35. The molecule has 0 radical (unpaired) electrons. The first-order valence-corrected chi connectivity index (χ1v) is 9.97. The van der Waals surface area contributed by atoms with Crippen LogP contribution in [0.1, 0.15) is 61.3 Å². The molecule has 116 valence electrons. The van der Waals surface area contributed by atoms with E-state index < -0.39 is 9.84 Å². The molecule has 1 aromatic heterocycles. The van der Waals surface area contributed by atoms with Crippen LogP contribution < -0.4 is 5.32 Å². The molecule has 1 saturated carbocycles. The number of imidazole rings is 1. The Bertz CT molecular complexity index is 644. The van der Waals surface area contributed by atoms with Gasteiger partial charge in [0.2, 0.25) is 0 Å². The third-order valence-electron chi connectivity index (χ3n) is 5.25. The van der Waals surface area contributed by atoms with Crippen molar-refractivity contribution in [3.8, 4) is 0 Å². The summed E-state index contributed by atoms with van der Waals surface area (Å²) < 4.78 is 26.1. The second kappa shape index (κ2) is 5.09. The maximum Gasteiger partial charge on any atom is 0.152 e. The maximum atomic E-state index is 11.9. The maximum absolute atomic E-state index is 11.9. The summed E-state index contributed by atoms with van der Waals surface area (Å²) in [5.41, 5.74) is 2.46. The summed E-state index contributed by atoms with van der Waals surface area (Å²) in [6, 6.07) is 0.125. The zero-order valence-electron chi connectivity index (χ0n) is 12.3. The van der Waals surface area contributed by atoms with E-state index in [-0.39, 0.29) is 6.04 Å². The number of nitrogens with one attached hydrogen (secondary N) is 1. The van der Waals surface area contributed by atoms with Crippen LogP contribution in [0.5, 0.6) is 0 Å². The van der Waals surface area contributed by atoms with E-state index in [1.165, 1.54) is 37.2 Å². The van der Waals surface area contributed by atoms with E-state index in [1.54, 1.807) is 0 Å². The second-order valence-electron chi connectivity index (χ2n) is 6.70. The van der Waals surface area contributed by atoms with Crippen LogP contribution in [0.3, 0.4) is 0 Å². The molecule has 3 heterocycles. The SMILES string of the molecule is O=S1(=O)CCC(n2c(C3CCCC3)nc3c2CCNC3)C1. The summed E-state index contributed by atoms with van der Waals surface area (Å²) in [6.45, 7) is 1.81. The van der Waals surface area contributed by atoms with Crippen molar-refractivity contribution in [3.05, 3.63) is 17.2 Å². The zero-order chi connectivity index (χ0) is 14.4. The van der Waals surface area contributed by atoms with Crippen LogP contribution in [0.15, 0.2) is 0 Å². The Balaban J connectivity index is 1.77. The lowest BCUT2D eigenvalue weighted by atomic mass is 10.1. The fourth-order valence-electron chi connectivity index (χ4n) is 4.21. The second-order valence-corrected chi connectivity index (χ2v) is 8.93. The molecule has 0 bridgehead atoms. The molecular weight excluding hydrogens is 286 g/mol. The first-order valence-electron chi connectivity index (χ1n) is 8.15. The Kier molecular flexibility index (Phi) is 3.34. The monoisotopic (exact) mass is 309 g/mol. The van der Waals surface area contributed by atoms with E-state index in [2.05, 4.69) is 9.88 Å². The van der Waals surface area contributed by atoms with Gasteiger partial charge in [-0.1, -0.05) is 12.8 Å². The topological polar surface area (TPSA) is 64.0 Å². The highest BCUT2D eigenvalue weighted by atomic mass is 32.2. The van der Waals surface area contributed by atoms with E-state index in [9.17, 15) is 8.42 Å². The van der Waals surface area contributed by atoms with Gasteiger partial charge in [-0.3, -0.25) is 0 Å². The van der Waals surface area contributed by atoms with Crippen molar-refractivity contribution in [1.82, 2.24) is 14.9 Å². The molecule has 1 N–H and O–H groups in total. The van der Waals surface area contributed by atoms with Gasteiger partial charge in [-0.05, 0) is 19.3 Å². The molecule has 5 nitrogen and oxygen atoms in total. The average Bonchev–Trinajstić information content (AvgIpc) is 3.15. The largest absolute Gasteiger partial charge is 0.327 e. The van der Waals surface area contributed by atoms with Crippen molar-refractivity contribution >= 4 is 9.84 Å². The fourth-order valence-corrected chi connectivity index (χ4v) is 5.91. The Hall–Kier alpha value is -0.880. The molecule has 1 aromatic rings. The average molecular weight is 309 g/mol. The summed E-state index contributed by atoms with van der Waals surface area (Å²) in [5, 5.41) is 3.38. The van der Waals surface area contributed by atoms with Crippen LogP contribution in [0.4, 0.5) is 0 Å². The minimum absolute atomic E-state index is 0.125. The standard InChI is InChI=1S/C15H23N3O2S/c19-21(20)8-6-12(10-21)18-14-5-7-16-9-13(14)17-15(18)11-3-1-2-4-11/h11-12,16H,1-10H2. The minimum Gasteiger partial charge on any atom is -0.327 e. The predicted octanol–water partition coefficient (Wildman–Crippen LogP) is 1.55. The van der Waals surface area contributed by atoms with E-state index in [1.807, 2.05) is 0 Å². The van der Waals surface area contributed by atoms with Crippen LogP contribution in [-0.2, 0) is 22.8 Å². The van der Waals surface area contributed by atoms with Crippen molar-refractivity contribution < 1.29 is 8.42 Å². The summed E-state index contributed by atoms with van der Waals surface area (Å²) in [5.74, 6) is 2.37. The number of hydrogen-bond acceptors (Lipinski definition) is 4. The molecule has 1 saturated heterocycles. The summed E-state index contributed by atoms with van der Waals surface area (Å²) in [7, 11) is -2.85. The molecule has 2 fully saturated rings. The third kappa shape index (κ3) is 2.42. The Morgan fingerprint density at radius 2 is 2.00 bits per heavy atom. The fraction of sp³-hybridized carbons (Fsp3) is 0.800. The molecular formula is C15H23N3O2S. The van der Waals surface area contributed by atoms with Crippen LogP contribution in [0.2, 0.25) is 0 Å². The Morgan fingerprint density at radius 1 is 1.19 bits per heavy atom. The number of fused-ring (bicyclic) bond motifs is 1. The molecule has 1 aliphatic carbocycles. The molecule has 2 aliphatic heterocycles. The van der Waals surface area contributed by atoms with Crippen LogP contribution in [-0.4, -0.2) is 36.0 Å². The lowest BCUT2D eigenvalue weighted by Crippen LogP contribution is -2.26. The normalized spacial score (nSPS) is 28.9. The highest BCUT2D eigenvalue weighted by Crippen LogP contribution is 2.38. The van der Waals surface area contributed by atoms with Gasteiger partial charge in [-0.2, -0.15) is 0 Å². The van der Waals surface area contributed by atoms with Crippen molar-refractivity contribution in [2.75, 3.05) is 18.1 Å². The number of rotatable bonds is 2. The minimum atomic E-state index is -2.85. The van der Waals surface area contributed by atoms with Gasteiger partial charge in [0.15, 0.2) is 9.84 Å². The quantitative estimate of drug-likeness (QED) is 0.900. The molecule has 21 heavy (non-hydrogen) atoms. The molecule has 3 aliphatic rings. The van der Waals surface area contributed by atoms with Gasteiger partial charge in [-0.25, -0.2) is 13.4 Å². The van der Waals surface area contributed by atoms with Gasteiger partial charge in [0.25, 0.3) is 0 Å². The number of aromatic nitrogens is 2. The molecule has 6 heteroatoms. The van der Waals surface area contributed by atoms with Crippen LogP contribution in [0, 0.1) is 0 Å². The predicted molar refractivity (Wildman–Crippen MR) is 81.2 cm³/mol. The number of nitrogens with zero attached hydrogens (tertiary/aromatic N) is 2. The third-order valence-corrected chi connectivity index (χ3v) is 7.00. The van der Waals surface area contributed by atoms with Gasteiger partial charge in [0.1, 0.15) is 5.82 Å². The molecule has 0 aromatic carbocycles. The smallest absolute Gasteiger partial charge is 0.152 e. The Morgan fingerprint density at radius 3 is 2.71 bits per heavy atom. The molecule has 1 unspecified atom stereocenters. The molecule has 0 amide bonds. The van der Waals surface area contributed by atoms with Crippen LogP contribution >= 0.6 is 0 Å². The highest BCUT2D eigenvalue weighted by molar-refractivity contribution is 7.91. The summed E-state index contributed by atoms with van der Waals surface area (Å²) in [4.78, 5) is 4.93. The van der Waals surface area contributed by atoms with E-state index in [0.29, 0.717) is 17.4 Å². The summed E-state index contributed by atoms with van der Waals surface area (Å²) in [6.07, 6.45) is 6.72. The van der Waals surface area contributed by atoms with Gasteiger partial charge in [0, 0.05) is 31.1 Å². The van der Waals surface area contributed by atoms with E-state index in [4.69, 9.17) is 4.98 Å². The number of sulfone groups is 1. The number of hydrogen-bond donors (Lipinski definition) is 1. The lowest BCUT2D eigenvalue weighted by Gasteiger charge is -2.22. The van der Waals surface area contributed by atoms with Gasteiger partial charge >= 0.3 is 0 Å². The van der Waals surface area contributed by atoms with Gasteiger partial charge in [0.05, 0.1) is 23.2 Å². The summed E-state index contributed by atoms with van der Waals surface area (Å²) >= 11 is 0. The first-order chi connectivity index (χ1) is 10.1. The van der Waals surface area contributed by atoms with Crippen molar-refractivity contribution in [1.29, 1.82) is 0 Å². The molecule has 4 rings (SSSR count). The first kappa shape index (κ1) is 13.8. The van der Waals surface area contributed by atoms with E-state index in [0.717, 1.165) is 31.6 Å².